The molecule has 4 rings (SSSR count). The second-order valence-corrected chi connectivity index (χ2v) is 10.4. The van der Waals surface area contributed by atoms with Gasteiger partial charge in [-0.3, -0.25) is 9.78 Å². The average Bonchev–Trinajstić information content (AvgIpc) is 2.81. The van der Waals surface area contributed by atoms with Crippen LogP contribution in [-0.4, -0.2) is 61.8 Å². The Hall–Kier alpha value is -2.56. The number of carbonyl (C=O) groups is 1. The van der Waals surface area contributed by atoms with Gasteiger partial charge in [-0.1, -0.05) is 41.9 Å². The third-order valence-corrected chi connectivity index (χ3v) is 7.93. The number of hydrogen-bond acceptors (Lipinski definition) is 5. The number of fused-ring (bicyclic) bond motifs is 2. The van der Waals surface area contributed by atoms with E-state index >= 15 is 0 Å². The number of methoxy groups -OCH3 is 1. The van der Waals surface area contributed by atoms with Gasteiger partial charge in [0.1, 0.15) is 0 Å². The standard InChI is InChI=1S/C23H25ClN4O4S/c1-27(9-10-32-2)33(30,31)28-14-17-7-8-18(24)11-20(17)21(15-28)23(29)26-22-13-25-12-16-5-3-4-6-19(16)22/h3-8,11-13,21H,9-10,14-15H2,1-2H3,(H,26,29). The number of benzene rings is 2. The topological polar surface area (TPSA) is 91.8 Å². The minimum atomic E-state index is -3.80. The Morgan fingerprint density at radius 3 is 2.85 bits per heavy atom. The summed E-state index contributed by atoms with van der Waals surface area (Å²) in [6.07, 6.45) is 3.32. The first kappa shape index (κ1) is 23.6. The van der Waals surface area contributed by atoms with Crippen LogP contribution in [0.25, 0.3) is 10.8 Å². The van der Waals surface area contributed by atoms with Crippen molar-refractivity contribution >= 4 is 44.2 Å². The molecule has 174 valence electrons. The minimum Gasteiger partial charge on any atom is -0.383 e. The Morgan fingerprint density at radius 1 is 1.27 bits per heavy atom. The molecular formula is C23H25ClN4O4S. The molecule has 0 bridgehead atoms. The summed E-state index contributed by atoms with van der Waals surface area (Å²) in [4.78, 5) is 17.7. The number of hydrogen-bond donors (Lipinski definition) is 1. The van der Waals surface area contributed by atoms with Crippen molar-refractivity contribution in [2.45, 2.75) is 12.5 Å². The highest BCUT2D eigenvalue weighted by Gasteiger charge is 2.37. The number of ether oxygens (including phenoxy) is 1. The van der Waals surface area contributed by atoms with Crippen LogP contribution in [0.4, 0.5) is 5.69 Å². The molecule has 2 heterocycles. The first-order chi connectivity index (χ1) is 15.8. The Balaban J connectivity index is 1.67. The molecule has 0 aliphatic carbocycles. The summed E-state index contributed by atoms with van der Waals surface area (Å²) in [5, 5.41) is 5.19. The number of aromatic nitrogens is 1. The van der Waals surface area contributed by atoms with Crippen molar-refractivity contribution in [2.24, 2.45) is 0 Å². The Kier molecular flexibility index (Phi) is 6.96. The van der Waals surface area contributed by atoms with E-state index in [4.69, 9.17) is 16.3 Å². The number of nitrogens with zero attached hydrogens (tertiary/aromatic N) is 3. The van der Waals surface area contributed by atoms with Crippen molar-refractivity contribution in [2.75, 3.05) is 39.2 Å². The van der Waals surface area contributed by atoms with Crippen molar-refractivity contribution < 1.29 is 17.9 Å². The van der Waals surface area contributed by atoms with E-state index in [-0.39, 0.29) is 32.1 Å². The molecule has 0 saturated carbocycles. The van der Waals surface area contributed by atoms with Crippen LogP contribution in [0, 0.1) is 0 Å². The molecular weight excluding hydrogens is 464 g/mol. The molecule has 8 nitrogen and oxygen atoms in total. The van der Waals surface area contributed by atoms with Crippen molar-refractivity contribution in [3.05, 3.63) is 71.0 Å². The monoisotopic (exact) mass is 488 g/mol. The van der Waals surface area contributed by atoms with E-state index in [1.54, 1.807) is 30.6 Å². The fourth-order valence-corrected chi connectivity index (χ4v) is 5.48. The zero-order valence-corrected chi connectivity index (χ0v) is 19.9. The number of pyridine rings is 1. The minimum absolute atomic E-state index is 0.00295. The Morgan fingerprint density at radius 2 is 2.06 bits per heavy atom. The van der Waals surface area contributed by atoms with Gasteiger partial charge in [0, 0.05) is 55.8 Å². The van der Waals surface area contributed by atoms with E-state index < -0.39 is 16.1 Å². The highest BCUT2D eigenvalue weighted by atomic mass is 35.5. The van der Waals surface area contributed by atoms with Crippen molar-refractivity contribution in [1.82, 2.24) is 13.6 Å². The van der Waals surface area contributed by atoms with Crippen LogP contribution < -0.4 is 5.32 Å². The zero-order valence-electron chi connectivity index (χ0n) is 18.4. The van der Waals surface area contributed by atoms with Crippen LogP contribution in [0.2, 0.25) is 5.02 Å². The zero-order chi connectivity index (χ0) is 23.6. The molecule has 1 amide bonds. The van der Waals surface area contributed by atoms with Gasteiger partial charge in [0.25, 0.3) is 10.2 Å². The molecule has 1 N–H and O–H groups in total. The normalized spacial score (nSPS) is 16.7. The molecule has 1 aliphatic heterocycles. The summed E-state index contributed by atoms with van der Waals surface area (Å²) in [6, 6.07) is 12.8. The number of halogens is 1. The lowest BCUT2D eigenvalue weighted by Gasteiger charge is -2.35. The Bertz CT molecular complexity index is 1280. The number of likely N-dealkylation sites (N-methyl/N-ethyl adjacent to an activating group) is 1. The molecule has 2 aromatic carbocycles. The van der Waals surface area contributed by atoms with Crippen LogP contribution in [0.1, 0.15) is 17.0 Å². The van der Waals surface area contributed by atoms with Gasteiger partial charge in [0.15, 0.2) is 0 Å². The first-order valence-corrected chi connectivity index (χ1v) is 12.2. The fourth-order valence-electron chi connectivity index (χ4n) is 3.96. The summed E-state index contributed by atoms with van der Waals surface area (Å²) in [7, 11) is -0.779. The van der Waals surface area contributed by atoms with E-state index in [0.29, 0.717) is 10.7 Å². The molecule has 10 heteroatoms. The van der Waals surface area contributed by atoms with E-state index in [0.717, 1.165) is 21.9 Å². The lowest BCUT2D eigenvalue weighted by molar-refractivity contribution is -0.118. The molecule has 0 fully saturated rings. The number of nitrogens with one attached hydrogen (secondary N) is 1. The number of carbonyl (C=O) groups excluding carboxylic acids is 1. The van der Waals surface area contributed by atoms with Gasteiger partial charge in [-0.05, 0) is 23.3 Å². The third-order valence-electron chi connectivity index (χ3n) is 5.79. The predicted molar refractivity (Wildman–Crippen MR) is 128 cm³/mol. The maximum atomic E-state index is 13.5. The fraction of sp³-hybridized carbons (Fsp3) is 0.304. The van der Waals surface area contributed by atoms with Gasteiger partial charge in [-0.25, -0.2) is 0 Å². The van der Waals surface area contributed by atoms with Gasteiger partial charge in [-0.15, -0.1) is 0 Å². The largest absolute Gasteiger partial charge is 0.383 e. The molecule has 1 aromatic heterocycles. The molecule has 0 saturated heterocycles. The smallest absolute Gasteiger partial charge is 0.282 e. The number of amides is 1. The predicted octanol–water partition coefficient (Wildman–Crippen LogP) is 3.25. The van der Waals surface area contributed by atoms with E-state index in [2.05, 4.69) is 10.3 Å². The van der Waals surface area contributed by atoms with Crippen LogP contribution in [0.3, 0.4) is 0 Å². The second kappa shape index (κ2) is 9.74. The van der Waals surface area contributed by atoms with Crippen LogP contribution in [0.15, 0.2) is 54.9 Å². The average molecular weight is 489 g/mol. The number of rotatable bonds is 7. The molecule has 1 atom stereocenters. The maximum absolute atomic E-state index is 13.5. The van der Waals surface area contributed by atoms with Crippen molar-refractivity contribution in [3.63, 3.8) is 0 Å². The van der Waals surface area contributed by atoms with Gasteiger partial charge in [-0.2, -0.15) is 17.0 Å². The maximum Gasteiger partial charge on any atom is 0.282 e. The number of anilines is 1. The SMILES string of the molecule is COCCN(C)S(=O)(=O)N1Cc2ccc(Cl)cc2C(C(=O)Nc2cncc3ccccc23)C1. The van der Waals surface area contributed by atoms with Gasteiger partial charge >= 0.3 is 0 Å². The van der Waals surface area contributed by atoms with Crippen LogP contribution in [-0.2, 0) is 26.3 Å². The van der Waals surface area contributed by atoms with Crippen molar-refractivity contribution in [3.8, 4) is 0 Å². The molecule has 3 aromatic rings. The van der Waals surface area contributed by atoms with E-state index in [1.807, 2.05) is 24.3 Å². The van der Waals surface area contributed by atoms with Crippen LogP contribution >= 0.6 is 11.6 Å². The van der Waals surface area contributed by atoms with Crippen molar-refractivity contribution in [1.29, 1.82) is 0 Å². The quantitative estimate of drug-likeness (QED) is 0.551. The summed E-state index contributed by atoms with van der Waals surface area (Å²) < 4.78 is 34.0. The Labute approximate surface area is 198 Å². The van der Waals surface area contributed by atoms with Crippen LogP contribution in [0.5, 0.6) is 0 Å². The summed E-state index contributed by atoms with van der Waals surface area (Å²) in [5.74, 6) is -1.06. The summed E-state index contributed by atoms with van der Waals surface area (Å²) >= 11 is 6.22. The third kappa shape index (κ3) is 4.87. The molecule has 33 heavy (non-hydrogen) atoms. The van der Waals surface area contributed by atoms with E-state index in [1.165, 1.54) is 22.8 Å². The second-order valence-electron chi connectivity index (χ2n) is 7.91. The lowest BCUT2D eigenvalue weighted by atomic mass is 9.90. The van der Waals surface area contributed by atoms with E-state index in [9.17, 15) is 13.2 Å². The molecule has 0 radical (unpaired) electrons. The summed E-state index contributed by atoms with van der Waals surface area (Å²) in [6.45, 7) is 0.637. The first-order valence-electron chi connectivity index (χ1n) is 10.4. The van der Waals surface area contributed by atoms with Gasteiger partial charge in [0.2, 0.25) is 5.91 Å². The molecule has 1 aliphatic rings. The summed E-state index contributed by atoms with van der Waals surface area (Å²) in [5.41, 5.74) is 2.03. The van der Waals surface area contributed by atoms with Gasteiger partial charge in [0.05, 0.1) is 24.4 Å². The highest BCUT2D eigenvalue weighted by molar-refractivity contribution is 7.86. The lowest BCUT2D eigenvalue weighted by Crippen LogP contribution is -2.48. The highest BCUT2D eigenvalue weighted by Crippen LogP contribution is 2.34. The molecule has 1 unspecified atom stereocenters. The molecule has 0 spiro atoms. The van der Waals surface area contributed by atoms with Gasteiger partial charge < -0.3 is 10.1 Å².